The van der Waals surface area contributed by atoms with E-state index >= 15 is 0 Å². The van der Waals surface area contributed by atoms with Crippen LogP contribution in [0, 0.1) is 0 Å². The standard InChI is InChI=1S/C17H29NO2/c1-4-12-18-16(10-8-14-19-3)15-9-6-7-11-17(15)20-13-5-2/h6-7,9,11,16,18H,4-5,8,10,12-14H2,1-3H3. The summed E-state index contributed by atoms with van der Waals surface area (Å²) in [5.41, 5.74) is 1.27. The second kappa shape index (κ2) is 10.7. The fourth-order valence-corrected chi connectivity index (χ4v) is 2.23. The Kier molecular flexibility index (Phi) is 9.09. The van der Waals surface area contributed by atoms with Gasteiger partial charge in [-0.1, -0.05) is 32.0 Å². The topological polar surface area (TPSA) is 30.5 Å². The monoisotopic (exact) mass is 279 g/mol. The normalized spacial score (nSPS) is 12.3. The van der Waals surface area contributed by atoms with Crippen molar-refractivity contribution in [2.24, 2.45) is 0 Å². The first-order valence-electron chi connectivity index (χ1n) is 7.77. The molecule has 0 amide bonds. The van der Waals surface area contributed by atoms with Crippen LogP contribution in [0.15, 0.2) is 24.3 Å². The molecule has 1 atom stereocenters. The van der Waals surface area contributed by atoms with Crippen LogP contribution in [0.2, 0.25) is 0 Å². The van der Waals surface area contributed by atoms with Crippen molar-refractivity contribution in [3.05, 3.63) is 29.8 Å². The van der Waals surface area contributed by atoms with Crippen molar-refractivity contribution in [1.82, 2.24) is 5.32 Å². The molecule has 0 heterocycles. The van der Waals surface area contributed by atoms with Crippen molar-refractivity contribution in [2.75, 3.05) is 26.9 Å². The Labute approximate surface area is 123 Å². The van der Waals surface area contributed by atoms with Gasteiger partial charge < -0.3 is 14.8 Å². The van der Waals surface area contributed by atoms with Crippen LogP contribution >= 0.6 is 0 Å². The predicted molar refractivity (Wildman–Crippen MR) is 84.4 cm³/mol. The highest BCUT2D eigenvalue weighted by Gasteiger charge is 2.15. The second-order valence-corrected chi connectivity index (χ2v) is 5.03. The number of nitrogens with one attached hydrogen (secondary N) is 1. The zero-order valence-electron chi connectivity index (χ0n) is 13.2. The van der Waals surface area contributed by atoms with Gasteiger partial charge in [-0.2, -0.15) is 0 Å². The van der Waals surface area contributed by atoms with Crippen LogP contribution in [0.1, 0.15) is 51.1 Å². The molecule has 0 aliphatic heterocycles. The third-order valence-electron chi connectivity index (χ3n) is 3.24. The molecule has 0 saturated heterocycles. The summed E-state index contributed by atoms with van der Waals surface area (Å²) in [7, 11) is 1.76. The van der Waals surface area contributed by atoms with Gasteiger partial charge in [0.25, 0.3) is 0 Å². The lowest BCUT2D eigenvalue weighted by atomic mass is 10.0. The molecule has 0 saturated carbocycles. The van der Waals surface area contributed by atoms with E-state index in [-0.39, 0.29) is 0 Å². The Hall–Kier alpha value is -1.06. The summed E-state index contributed by atoms with van der Waals surface area (Å²) in [6.07, 6.45) is 4.30. The highest BCUT2D eigenvalue weighted by Crippen LogP contribution is 2.28. The summed E-state index contributed by atoms with van der Waals surface area (Å²) in [4.78, 5) is 0. The van der Waals surface area contributed by atoms with E-state index in [1.165, 1.54) is 5.56 Å². The van der Waals surface area contributed by atoms with E-state index in [9.17, 15) is 0 Å². The Morgan fingerprint density at radius 3 is 2.60 bits per heavy atom. The van der Waals surface area contributed by atoms with Crippen molar-refractivity contribution < 1.29 is 9.47 Å². The van der Waals surface area contributed by atoms with E-state index in [0.29, 0.717) is 6.04 Å². The molecule has 114 valence electrons. The summed E-state index contributed by atoms with van der Waals surface area (Å²) >= 11 is 0. The molecule has 1 aromatic rings. The molecule has 1 aromatic carbocycles. The number of benzene rings is 1. The van der Waals surface area contributed by atoms with Crippen molar-refractivity contribution in [2.45, 2.75) is 45.6 Å². The van der Waals surface area contributed by atoms with Gasteiger partial charge in [0, 0.05) is 25.3 Å². The Morgan fingerprint density at radius 1 is 1.10 bits per heavy atom. The molecular formula is C17H29NO2. The number of ether oxygens (including phenoxy) is 2. The average molecular weight is 279 g/mol. The van der Waals surface area contributed by atoms with Crippen LogP contribution in [0.5, 0.6) is 5.75 Å². The first-order chi connectivity index (χ1) is 9.83. The van der Waals surface area contributed by atoms with Crippen molar-refractivity contribution in [3.8, 4) is 5.75 Å². The number of hydrogen-bond acceptors (Lipinski definition) is 3. The minimum absolute atomic E-state index is 0.346. The molecule has 1 unspecified atom stereocenters. The number of rotatable bonds is 11. The molecule has 0 aliphatic rings. The molecule has 3 nitrogen and oxygen atoms in total. The first kappa shape index (κ1) is 17.0. The molecule has 3 heteroatoms. The average Bonchev–Trinajstić information content (AvgIpc) is 2.49. The van der Waals surface area contributed by atoms with E-state index in [1.807, 2.05) is 6.07 Å². The minimum atomic E-state index is 0.346. The Bertz CT molecular complexity index is 355. The van der Waals surface area contributed by atoms with Crippen LogP contribution in [0.25, 0.3) is 0 Å². The van der Waals surface area contributed by atoms with Gasteiger partial charge in [-0.25, -0.2) is 0 Å². The molecule has 0 aromatic heterocycles. The quantitative estimate of drug-likeness (QED) is 0.622. The predicted octanol–water partition coefficient (Wildman–Crippen LogP) is 3.94. The number of methoxy groups -OCH3 is 1. The molecular weight excluding hydrogens is 250 g/mol. The third kappa shape index (κ3) is 5.93. The molecule has 1 rings (SSSR count). The third-order valence-corrected chi connectivity index (χ3v) is 3.24. The fraction of sp³-hybridized carbons (Fsp3) is 0.647. The molecule has 0 spiro atoms. The number of hydrogen-bond donors (Lipinski definition) is 1. The lowest BCUT2D eigenvalue weighted by molar-refractivity contribution is 0.188. The summed E-state index contributed by atoms with van der Waals surface area (Å²) in [5.74, 6) is 1.01. The lowest BCUT2D eigenvalue weighted by Crippen LogP contribution is -2.23. The van der Waals surface area contributed by atoms with Gasteiger partial charge in [0.05, 0.1) is 6.61 Å². The Balaban J connectivity index is 2.76. The zero-order valence-corrected chi connectivity index (χ0v) is 13.2. The SMILES string of the molecule is CCCNC(CCCOC)c1ccccc1OCCC. The summed E-state index contributed by atoms with van der Waals surface area (Å²) < 4.78 is 11.1. The van der Waals surface area contributed by atoms with Gasteiger partial charge in [0.1, 0.15) is 5.75 Å². The fourth-order valence-electron chi connectivity index (χ4n) is 2.23. The van der Waals surface area contributed by atoms with E-state index in [2.05, 4.69) is 37.4 Å². The largest absolute Gasteiger partial charge is 0.493 e. The Morgan fingerprint density at radius 2 is 1.90 bits per heavy atom. The molecule has 0 fully saturated rings. The van der Waals surface area contributed by atoms with Gasteiger partial charge in [0.15, 0.2) is 0 Å². The maximum atomic E-state index is 5.88. The van der Waals surface area contributed by atoms with Crippen molar-refractivity contribution in [3.63, 3.8) is 0 Å². The van der Waals surface area contributed by atoms with E-state index in [1.54, 1.807) is 7.11 Å². The van der Waals surface area contributed by atoms with E-state index in [0.717, 1.165) is 51.2 Å². The highest BCUT2D eigenvalue weighted by molar-refractivity contribution is 5.36. The van der Waals surface area contributed by atoms with E-state index < -0.39 is 0 Å². The second-order valence-electron chi connectivity index (χ2n) is 5.03. The lowest BCUT2D eigenvalue weighted by Gasteiger charge is -2.22. The molecule has 0 aliphatic carbocycles. The maximum Gasteiger partial charge on any atom is 0.124 e. The molecule has 20 heavy (non-hydrogen) atoms. The van der Waals surface area contributed by atoms with E-state index in [4.69, 9.17) is 9.47 Å². The van der Waals surface area contributed by atoms with Gasteiger partial charge in [-0.3, -0.25) is 0 Å². The summed E-state index contributed by atoms with van der Waals surface area (Å²) in [6.45, 7) is 6.93. The van der Waals surface area contributed by atoms with Crippen LogP contribution in [0.3, 0.4) is 0 Å². The van der Waals surface area contributed by atoms with Gasteiger partial charge in [-0.05, 0) is 38.3 Å². The molecule has 0 bridgehead atoms. The number of para-hydroxylation sites is 1. The zero-order chi connectivity index (χ0) is 14.6. The van der Waals surface area contributed by atoms with Crippen molar-refractivity contribution >= 4 is 0 Å². The van der Waals surface area contributed by atoms with Crippen LogP contribution in [-0.4, -0.2) is 26.9 Å². The molecule has 0 radical (unpaired) electrons. The maximum absolute atomic E-state index is 5.88. The van der Waals surface area contributed by atoms with Crippen molar-refractivity contribution in [1.29, 1.82) is 0 Å². The van der Waals surface area contributed by atoms with Gasteiger partial charge in [0.2, 0.25) is 0 Å². The van der Waals surface area contributed by atoms with Crippen LogP contribution < -0.4 is 10.1 Å². The van der Waals surface area contributed by atoms with Gasteiger partial charge in [-0.15, -0.1) is 0 Å². The highest BCUT2D eigenvalue weighted by atomic mass is 16.5. The summed E-state index contributed by atoms with van der Waals surface area (Å²) in [6, 6.07) is 8.72. The summed E-state index contributed by atoms with van der Waals surface area (Å²) in [5, 5.41) is 3.63. The first-order valence-corrected chi connectivity index (χ1v) is 7.77. The molecule has 1 N–H and O–H groups in total. The van der Waals surface area contributed by atoms with Crippen LogP contribution in [-0.2, 0) is 4.74 Å². The smallest absolute Gasteiger partial charge is 0.124 e. The van der Waals surface area contributed by atoms with Crippen LogP contribution in [0.4, 0.5) is 0 Å². The minimum Gasteiger partial charge on any atom is -0.493 e. The van der Waals surface area contributed by atoms with Gasteiger partial charge >= 0.3 is 0 Å².